The maximum absolute atomic E-state index is 13.4. The molecule has 0 unspecified atom stereocenters. The van der Waals surface area contributed by atoms with Crippen LogP contribution in [0.2, 0.25) is 5.02 Å². The summed E-state index contributed by atoms with van der Waals surface area (Å²) in [5.41, 5.74) is 4.32. The number of fused-ring (bicyclic) bond motifs is 1. The van der Waals surface area contributed by atoms with Crippen LogP contribution in [0.15, 0.2) is 53.6 Å². The Bertz CT molecular complexity index is 939. The Labute approximate surface area is 168 Å². The van der Waals surface area contributed by atoms with Crippen LogP contribution in [-0.4, -0.2) is 60.7 Å². The van der Waals surface area contributed by atoms with Crippen LogP contribution in [0.25, 0.3) is 0 Å². The minimum absolute atomic E-state index is 0.0491. The number of rotatable bonds is 2. The zero-order chi connectivity index (χ0) is 19.7. The molecule has 1 fully saturated rings. The Morgan fingerprint density at radius 3 is 2.50 bits per heavy atom. The Hall–Kier alpha value is -2.90. The summed E-state index contributed by atoms with van der Waals surface area (Å²) in [5.74, 6) is -0.584. The van der Waals surface area contributed by atoms with Crippen molar-refractivity contribution in [3.05, 3.63) is 59.1 Å². The van der Waals surface area contributed by atoms with E-state index >= 15 is 0 Å². The molecule has 0 aromatic heterocycles. The van der Waals surface area contributed by atoms with Crippen LogP contribution in [0, 0.1) is 0 Å². The first kappa shape index (κ1) is 18.5. The highest BCUT2D eigenvalue weighted by Gasteiger charge is 2.35. The lowest BCUT2D eigenvalue weighted by molar-refractivity contribution is -0.125. The zero-order valence-corrected chi connectivity index (χ0v) is 16.2. The minimum Gasteiger partial charge on any atom is -0.333 e. The summed E-state index contributed by atoms with van der Waals surface area (Å²) >= 11 is 6.11. The van der Waals surface area contributed by atoms with E-state index in [1.165, 1.54) is 4.90 Å². The number of amides is 2. The lowest BCUT2D eigenvalue weighted by atomic mass is 10.1. The van der Waals surface area contributed by atoms with Crippen LogP contribution in [0.1, 0.15) is 10.4 Å². The van der Waals surface area contributed by atoms with Gasteiger partial charge in [-0.3, -0.25) is 19.9 Å². The monoisotopic (exact) mass is 397 g/mol. The highest BCUT2D eigenvalue weighted by molar-refractivity contribution is 6.49. The number of hydrazone groups is 1. The molecule has 0 aliphatic carbocycles. The minimum atomic E-state index is -0.352. The van der Waals surface area contributed by atoms with Gasteiger partial charge >= 0.3 is 0 Å². The van der Waals surface area contributed by atoms with Crippen molar-refractivity contribution in [2.75, 3.05) is 43.6 Å². The van der Waals surface area contributed by atoms with Crippen molar-refractivity contribution in [3.63, 3.8) is 0 Å². The molecule has 4 rings (SSSR count). The number of carbonyl (C=O) groups excluding carboxylic acids is 2. The summed E-state index contributed by atoms with van der Waals surface area (Å²) < 4.78 is 0. The third-order valence-corrected chi connectivity index (χ3v) is 5.14. The first-order valence-electron chi connectivity index (χ1n) is 9.05. The quantitative estimate of drug-likeness (QED) is 0.845. The Morgan fingerprint density at radius 1 is 1.07 bits per heavy atom. The average Bonchev–Trinajstić information content (AvgIpc) is 2.85. The number of anilines is 2. The van der Waals surface area contributed by atoms with E-state index in [0.29, 0.717) is 35.1 Å². The molecular weight excluding hydrogens is 378 g/mol. The van der Waals surface area contributed by atoms with E-state index in [2.05, 4.69) is 15.4 Å². The molecule has 1 saturated heterocycles. The van der Waals surface area contributed by atoms with E-state index in [-0.39, 0.29) is 17.6 Å². The van der Waals surface area contributed by atoms with Crippen molar-refractivity contribution >= 4 is 40.6 Å². The number of likely N-dealkylation sites (N-methyl/N-ethyl adjacent to an activating group) is 1. The van der Waals surface area contributed by atoms with Crippen molar-refractivity contribution in [1.82, 2.24) is 9.80 Å². The molecule has 7 nitrogen and oxygen atoms in total. The molecule has 8 heteroatoms. The average molecular weight is 398 g/mol. The highest BCUT2D eigenvalue weighted by atomic mass is 35.5. The van der Waals surface area contributed by atoms with Crippen LogP contribution in [0.4, 0.5) is 11.4 Å². The van der Waals surface area contributed by atoms with Gasteiger partial charge in [0.1, 0.15) is 0 Å². The van der Waals surface area contributed by atoms with Crippen molar-refractivity contribution in [2.24, 2.45) is 5.10 Å². The van der Waals surface area contributed by atoms with Gasteiger partial charge in [-0.25, -0.2) is 0 Å². The molecule has 2 aromatic carbocycles. The Morgan fingerprint density at radius 2 is 1.79 bits per heavy atom. The van der Waals surface area contributed by atoms with E-state index in [4.69, 9.17) is 11.6 Å². The summed E-state index contributed by atoms with van der Waals surface area (Å²) in [6.45, 7) is 2.73. The predicted molar refractivity (Wildman–Crippen MR) is 110 cm³/mol. The number of nitrogens with zero attached hydrogens (tertiary/aromatic N) is 4. The second-order valence-corrected chi connectivity index (χ2v) is 7.25. The third kappa shape index (κ3) is 3.46. The lowest BCUT2D eigenvalue weighted by Gasteiger charge is -2.34. The van der Waals surface area contributed by atoms with Crippen LogP contribution >= 0.6 is 11.6 Å². The number of amidine groups is 1. The van der Waals surface area contributed by atoms with Crippen LogP contribution in [-0.2, 0) is 4.79 Å². The van der Waals surface area contributed by atoms with E-state index < -0.39 is 0 Å². The third-order valence-electron chi connectivity index (χ3n) is 4.91. The molecule has 2 amide bonds. The second-order valence-electron chi connectivity index (χ2n) is 6.81. The lowest BCUT2D eigenvalue weighted by Crippen LogP contribution is -2.53. The van der Waals surface area contributed by atoms with Gasteiger partial charge in [-0.1, -0.05) is 29.8 Å². The largest absolute Gasteiger partial charge is 0.333 e. The zero-order valence-electron chi connectivity index (χ0n) is 15.4. The first-order chi connectivity index (χ1) is 13.5. The van der Waals surface area contributed by atoms with Gasteiger partial charge in [0.15, 0.2) is 0 Å². The summed E-state index contributed by atoms with van der Waals surface area (Å²) in [4.78, 5) is 31.9. The van der Waals surface area contributed by atoms with Gasteiger partial charge in [0, 0.05) is 31.2 Å². The van der Waals surface area contributed by atoms with E-state index in [1.807, 2.05) is 25.2 Å². The van der Waals surface area contributed by atoms with Crippen molar-refractivity contribution in [2.45, 2.75) is 0 Å². The van der Waals surface area contributed by atoms with Gasteiger partial charge in [-0.05, 0) is 37.4 Å². The number of hydrogen-bond acceptors (Lipinski definition) is 5. The molecule has 2 heterocycles. The summed E-state index contributed by atoms with van der Waals surface area (Å²) in [6.07, 6.45) is 0. The number of hydrogen-bond donors (Lipinski definition) is 1. The fourth-order valence-electron chi connectivity index (χ4n) is 3.28. The highest BCUT2D eigenvalue weighted by Crippen LogP contribution is 2.28. The smallest absolute Gasteiger partial charge is 0.292 e. The Kier molecular flexibility index (Phi) is 5.02. The molecule has 28 heavy (non-hydrogen) atoms. The molecule has 0 saturated carbocycles. The molecular formula is C20H20ClN5O2. The van der Waals surface area contributed by atoms with Gasteiger partial charge in [0.2, 0.25) is 5.84 Å². The van der Waals surface area contributed by atoms with Crippen molar-refractivity contribution < 1.29 is 9.59 Å². The number of carbonyl (C=O) groups is 2. The van der Waals surface area contributed by atoms with Crippen molar-refractivity contribution in [1.29, 1.82) is 0 Å². The van der Waals surface area contributed by atoms with Gasteiger partial charge in [0.25, 0.3) is 11.8 Å². The number of piperazine rings is 1. The number of halogens is 1. The van der Waals surface area contributed by atoms with Crippen molar-refractivity contribution in [3.8, 4) is 0 Å². The standard InChI is InChI=1S/C20H20ClN5O2/c1-24-9-11-25(12-10-24)20(28)18-23-22-17-8-7-14(21)13-16(17)19(27)26(18)15-5-3-2-4-6-15/h2-8,13,22H,9-12H2,1H3. The molecule has 2 aromatic rings. The van der Waals surface area contributed by atoms with Gasteiger partial charge in [-0.15, -0.1) is 0 Å². The second kappa shape index (κ2) is 7.61. The molecule has 0 radical (unpaired) electrons. The van der Waals surface area contributed by atoms with E-state index in [9.17, 15) is 9.59 Å². The van der Waals surface area contributed by atoms with Crippen LogP contribution < -0.4 is 10.3 Å². The fourth-order valence-corrected chi connectivity index (χ4v) is 3.45. The molecule has 144 valence electrons. The fraction of sp³-hybridized carbons (Fsp3) is 0.250. The van der Waals surface area contributed by atoms with Gasteiger partial charge < -0.3 is 9.80 Å². The molecule has 2 aliphatic heterocycles. The number of para-hydroxylation sites is 1. The summed E-state index contributed by atoms with van der Waals surface area (Å²) in [5, 5.41) is 4.76. The number of nitrogens with one attached hydrogen (secondary N) is 1. The number of benzene rings is 2. The van der Waals surface area contributed by atoms with E-state index in [0.717, 1.165) is 13.1 Å². The first-order valence-corrected chi connectivity index (χ1v) is 9.43. The molecule has 0 atom stereocenters. The Balaban J connectivity index is 1.76. The topological polar surface area (TPSA) is 68.2 Å². The van der Waals surface area contributed by atoms with Gasteiger partial charge in [-0.2, -0.15) is 5.10 Å². The maximum Gasteiger partial charge on any atom is 0.292 e. The molecule has 0 spiro atoms. The normalized spacial score (nSPS) is 17.5. The van der Waals surface area contributed by atoms with Crippen LogP contribution in [0.3, 0.4) is 0 Å². The van der Waals surface area contributed by atoms with E-state index in [1.54, 1.807) is 35.2 Å². The molecule has 2 aliphatic rings. The molecule has 0 bridgehead atoms. The summed E-state index contributed by atoms with van der Waals surface area (Å²) in [6, 6.07) is 14.0. The molecule has 1 N–H and O–H groups in total. The SMILES string of the molecule is CN1CCN(C(=O)C2=NNc3ccc(Cl)cc3C(=O)N2c2ccccc2)CC1. The van der Waals surface area contributed by atoms with Gasteiger partial charge in [0.05, 0.1) is 16.9 Å². The predicted octanol–water partition coefficient (Wildman–Crippen LogP) is 2.50. The maximum atomic E-state index is 13.4. The summed E-state index contributed by atoms with van der Waals surface area (Å²) in [7, 11) is 2.02. The van der Waals surface area contributed by atoms with Crippen LogP contribution in [0.5, 0.6) is 0 Å².